The quantitative estimate of drug-likeness (QED) is 0.613. The van der Waals surface area contributed by atoms with Crippen molar-refractivity contribution in [2.45, 2.75) is 31.6 Å². The lowest BCUT2D eigenvalue weighted by molar-refractivity contribution is -0.123. The second-order valence-electron chi connectivity index (χ2n) is 6.62. The third-order valence-electron chi connectivity index (χ3n) is 4.75. The summed E-state index contributed by atoms with van der Waals surface area (Å²) in [7, 11) is 0. The van der Waals surface area contributed by atoms with Gasteiger partial charge in [-0.2, -0.15) is 0 Å². The van der Waals surface area contributed by atoms with Crippen molar-refractivity contribution in [1.82, 2.24) is 10.3 Å². The van der Waals surface area contributed by atoms with Crippen molar-refractivity contribution in [3.8, 4) is 10.6 Å². The smallest absolute Gasteiger partial charge is 0.230 e. The molecule has 0 radical (unpaired) electrons. The number of carbonyl (C=O) groups is 1. The van der Waals surface area contributed by atoms with Crippen molar-refractivity contribution in [2.75, 3.05) is 6.54 Å². The molecule has 0 spiro atoms. The van der Waals surface area contributed by atoms with Crippen LogP contribution in [0.3, 0.4) is 0 Å². The van der Waals surface area contributed by atoms with E-state index >= 15 is 0 Å². The van der Waals surface area contributed by atoms with Gasteiger partial charge in [-0.25, -0.2) is 4.98 Å². The number of carbonyl (C=O) groups excluding carboxylic acids is 1. The zero-order valence-electron chi connectivity index (χ0n) is 14.4. The molecule has 4 rings (SSSR count). The minimum absolute atomic E-state index is 0.117. The first-order valence-corrected chi connectivity index (χ1v) is 10.7. The molecule has 2 heterocycles. The van der Waals surface area contributed by atoms with Gasteiger partial charge in [0.05, 0.1) is 21.0 Å². The topological polar surface area (TPSA) is 42.0 Å². The van der Waals surface area contributed by atoms with Crippen molar-refractivity contribution in [2.24, 2.45) is 0 Å². The van der Waals surface area contributed by atoms with Crippen LogP contribution in [-0.2, 0) is 16.6 Å². The molecule has 0 bridgehead atoms. The number of nitrogens with zero attached hydrogens (tertiary/aromatic N) is 1. The minimum atomic E-state index is -0.371. The predicted molar refractivity (Wildman–Crippen MR) is 109 cm³/mol. The van der Waals surface area contributed by atoms with E-state index < -0.39 is 0 Å². The molecular weight excluding hydrogens is 384 g/mol. The fourth-order valence-corrected chi connectivity index (χ4v) is 5.00. The number of rotatable bonds is 6. The maximum Gasteiger partial charge on any atom is 0.230 e. The number of thiophene rings is 1. The fraction of sp³-hybridized carbons (Fsp3) is 0.300. The van der Waals surface area contributed by atoms with Crippen molar-refractivity contribution in [3.05, 3.63) is 62.2 Å². The van der Waals surface area contributed by atoms with Crippen LogP contribution in [0.2, 0.25) is 5.02 Å². The monoisotopic (exact) mass is 402 g/mol. The molecule has 1 aliphatic rings. The Labute approximate surface area is 166 Å². The molecule has 2 aromatic heterocycles. The van der Waals surface area contributed by atoms with Gasteiger partial charge in [-0.05, 0) is 56.0 Å². The Kier molecular flexibility index (Phi) is 4.86. The van der Waals surface area contributed by atoms with Gasteiger partial charge in [-0.15, -0.1) is 22.7 Å². The Morgan fingerprint density at radius 1 is 1.31 bits per heavy atom. The van der Waals surface area contributed by atoms with Crippen LogP contribution in [0.25, 0.3) is 10.6 Å². The van der Waals surface area contributed by atoms with E-state index in [0.717, 1.165) is 35.5 Å². The zero-order valence-corrected chi connectivity index (χ0v) is 16.8. The van der Waals surface area contributed by atoms with E-state index in [1.54, 1.807) is 22.7 Å². The van der Waals surface area contributed by atoms with Gasteiger partial charge < -0.3 is 5.32 Å². The normalized spacial score (nSPS) is 15.0. The number of hydrogen-bond acceptors (Lipinski definition) is 4. The second kappa shape index (κ2) is 7.14. The van der Waals surface area contributed by atoms with Crippen LogP contribution in [-0.4, -0.2) is 17.4 Å². The molecule has 3 nitrogen and oxygen atoms in total. The number of amides is 1. The number of aryl methyl sites for hydroxylation is 1. The summed E-state index contributed by atoms with van der Waals surface area (Å²) in [4.78, 5) is 19.7. The first-order chi connectivity index (χ1) is 12.6. The molecule has 26 heavy (non-hydrogen) atoms. The standard InChI is InChI=1S/C20H19ClN2OS2/c1-13-23-17(12-25-13)18-6-5-16(26-18)7-10-22-19(24)20(8-9-20)14-3-2-4-15(21)11-14/h2-6,11-12H,7-10H2,1H3,(H,22,24). The average Bonchev–Trinajstić information content (AvgIpc) is 3.12. The van der Waals surface area contributed by atoms with E-state index in [4.69, 9.17) is 11.6 Å². The number of benzene rings is 1. The summed E-state index contributed by atoms with van der Waals surface area (Å²) in [6.45, 7) is 2.67. The van der Waals surface area contributed by atoms with Crippen LogP contribution in [0, 0.1) is 6.92 Å². The summed E-state index contributed by atoms with van der Waals surface area (Å²) in [5.41, 5.74) is 1.70. The summed E-state index contributed by atoms with van der Waals surface area (Å²) >= 11 is 9.50. The first-order valence-electron chi connectivity index (χ1n) is 8.62. The van der Waals surface area contributed by atoms with Crippen molar-refractivity contribution >= 4 is 40.2 Å². The molecule has 3 aromatic rings. The van der Waals surface area contributed by atoms with Crippen LogP contribution in [0.1, 0.15) is 28.3 Å². The summed E-state index contributed by atoms with van der Waals surface area (Å²) in [6, 6.07) is 11.9. The summed E-state index contributed by atoms with van der Waals surface area (Å²) < 4.78 is 0. The third kappa shape index (κ3) is 3.56. The number of aromatic nitrogens is 1. The van der Waals surface area contributed by atoms with Crippen LogP contribution < -0.4 is 5.32 Å². The summed E-state index contributed by atoms with van der Waals surface area (Å²) in [5, 5.41) is 6.97. The molecule has 0 unspecified atom stereocenters. The van der Waals surface area contributed by atoms with Gasteiger partial charge in [0.25, 0.3) is 0 Å². The van der Waals surface area contributed by atoms with Crippen LogP contribution in [0.4, 0.5) is 0 Å². The van der Waals surface area contributed by atoms with E-state index in [2.05, 4.69) is 27.8 Å². The third-order valence-corrected chi connectivity index (χ3v) is 6.93. The summed E-state index contributed by atoms with van der Waals surface area (Å²) in [5.74, 6) is 0.117. The maximum absolute atomic E-state index is 12.7. The first kappa shape index (κ1) is 17.7. The van der Waals surface area contributed by atoms with Crippen LogP contribution >= 0.6 is 34.3 Å². The molecule has 1 N–H and O–H groups in total. The highest BCUT2D eigenvalue weighted by atomic mass is 35.5. The number of thiazole rings is 1. The molecule has 1 aromatic carbocycles. The molecular formula is C20H19ClN2OS2. The highest BCUT2D eigenvalue weighted by molar-refractivity contribution is 7.16. The molecule has 134 valence electrons. The van der Waals surface area contributed by atoms with Gasteiger partial charge in [0, 0.05) is 21.8 Å². The maximum atomic E-state index is 12.7. The van der Waals surface area contributed by atoms with E-state index in [9.17, 15) is 4.79 Å². The predicted octanol–water partition coefficient (Wildman–Crippen LogP) is 5.22. The number of hydrogen-bond donors (Lipinski definition) is 1. The molecule has 1 fully saturated rings. The van der Waals surface area contributed by atoms with Crippen LogP contribution in [0.5, 0.6) is 0 Å². The molecule has 0 aliphatic heterocycles. The largest absolute Gasteiger partial charge is 0.355 e. The van der Waals surface area contributed by atoms with Crippen molar-refractivity contribution in [3.63, 3.8) is 0 Å². The Morgan fingerprint density at radius 2 is 2.15 bits per heavy atom. The van der Waals surface area contributed by atoms with E-state index in [1.807, 2.05) is 31.2 Å². The van der Waals surface area contributed by atoms with Crippen LogP contribution in [0.15, 0.2) is 41.8 Å². The van der Waals surface area contributed by atoms with Gasteiger partial charge in [-0.3, -0.25) is 4.79 Å². The van der Waals surface area contributed by atoms with Crippen molar-refractivity contribution < 1.29 is 4.79 Å². The Hall–Kier alpha value is -1.69. The average molecular weight is 403 g/mol. The number of nitrogens with one attached hydrogen (secondary N) is 1. The molecule has 1 amide bonds. The summed E-state index contributed by atoms with van der Waals surface area (Å²) in [6.07, 6.45) is 2.63. The molecule has 6 heteroatoms. The lowest BCUT2D eigenvalue weighted by atomic mass is 9.95. The van der Waals surface area contributed by atoms with Gasteiger partial charge in [0.2, 0.25) is 5.91 Å². The van der Waals surface area contributed by atoms with E-state index in [1.165, 1.54) is 9.75 Å². The minimum Gasteiger partial charge on any atom is -0.355 e. The highest BCUT2D eigenvalue weighted by Crippen LogP contribution is 2.48. The molecule has 0 atom stereocenters. The Balaban J connectivity index is 1.35. The fourth-order valence-electron chi connectivity index (χ4n) is 3.15. The molecule has 1 saturated carbocycles. The van der Waals surface area contributed by atoms with Gasteiger partial charge in [-0.1, -0.05) is 23.7 Å². The van der Waals surface area contributed by atoms with E-state index in [-0.39, 0.29) is 11.3 Å². The Morgan fingerprint density at radius 3 is 2.85 bits per heavy atom. The second-order valence-corrected chi connectivity index (χ2v) is 9.28. The lowest BCUT2D eigenvalue weighted by Gasteiger charge is -2.16. The van der Waals surface area contributed by atoms with Gasteiger partial charge >= 0.3 is 0 Å². The lowest BCUT2D eigenvalue weighted by Crippen LogP contribution is -2.35. The molecule has 1 aliphatic carbocycles. The highest BCUT2D eigenvalue weighted by Gasteiger charge is 2.51. The van der Waals surface area contributed by atoms with E-state index in [0.29, 0.717) is 11.6 Å². The Bertz CT molecular complexity index is 943. The van der Waals surface area contributed by atoms with Gasteiger partial charge in [0.15, 0.2) is 0 Å². The SMILES string of the molecule is Cc1nc(-c2ccc(CCNC(=O)C3(c4cccc(Cl)c4)CC3)s2)cs1. The number of halogens is 1. The van der Waals surface area contributed by atoms with Crippen molar-refractivity contribution in [1.29, 1.82) is 0 Å². The van der Waals surface area contributed by atoms with Gasteiger partial charge in [0.1, 0.15) is 0 Å². The zero-order chi connectivity index (χ0) is 18.1. The molecule has 0 saturated heterocycles.